The fourth-order valence-corrected chi connectivity index (χ4v) is 1.42. The summed E-state index contributed by atoms with van der Waals surface area (Å²) in [4.78, 5) is 4.21. The Morgan fingerprint density at radius 2 is 2.21 bits per heavy atom. The number of hydrogen-bond donors (Lipinski definition) is 1. The molecule has 0 unspecified atom stereocenters. The van der Waals surface area contributed by atoms with Gasteiger partial charge in [0.2, 0.25) is 0 Å². The first-order valence-corrected chi connectivity index (χ1v) is 4.27. The van der Waals surface area contributed by atoms with E-state index in [1.54, 1.807) is 6.20 Å². The van der Waals surface area contributed by atoms with Gasteiger partial charge in [-0.1, -0.05) is 6.07 Å². The van der Waals surface area contributed by atoms with Crippen LogP contribution in [-0.2, 0) is 0 Å². The van der Waals surface area contributed by atoms with Crippen molar-refractivity contribution in [2.45, 2.75) is 6.92 Å². The molecule has 3 nitrogen and oxygen atoms in total. The number of aromatic nitrogens is 1. The topological polar surface area (TPSA) is 62.7 Å². The molecule has 2 rings (SSSR count). The highest BCUT2D eigenvalue weighted by atomic mass is 14.7. The predicted octanol–water partition coefficient (Wildman–Crippen LogP) is 2.00. The third kappa shape index (κ3) is 1.17. The van der Waals surface area contributed by atoms with Gasteiger partial charge in [0.25, 0.3) is 0 Å². The maximum atomic E-state index is 8.71. The molecular weight excluding hydrogens is 174 g/mol. The molecule has 1 aromatic heterocycles. The molecule has 0 saturated carbocycles. The molecule has 0 spiro atoms. The second kappa shape index (κ2) is 3.00. The largest absolute Gasteiger partial charge is 0.398 e. The summed E-state index contributed by atoms with van der Waals surface area (Å²) >= 11 is 0. The standard InChI is InChI=1S/C11H9N3/c1-7-10(13)3-2-9-4-8(5-12)6-14-11(7)9/h2-4,6H,13H2,1H3. The highest BCUT2D eigenvalue weighted by molar-refractivity contribution is 5.86. The first kappa shape index (κ1) is 8.52. The average molecular weight is 183 g/mol. The number of pyridine rings is 1. The van der Waals surface area contributed by atoms with Crippen molar-refractivity contribution in [3.05, 3.63) is 35.5 Å². The Labute approximate surface area is 81.8 Å². The van der Waals surface area contributed by atoms with Crippen LogP contribution < -0.4 is 5.73 Å². The van der Waals surface area contributed by atoms with Gasteiger partial charge in [-0.3, -0.25) is 4.98 Å². The van der Waals surface area contributed by atoms with E-state index in [-0.39, 0.29) is 0 Å². The molecule has 0 fully saturated rings. The van der Waals surface area contributed by atoms with Crippen LogP contribution in [0.15, 0.2) is 24.4 Å². The van der Waals surface area contributed by atoms with Crippen molar-refractivity contribution in [1.82, 2.24) is 4.98 Å². The summed E-state index contributed by atoms with van der Waals surface area (Å²) in [5.41, 5.74) is 8.88. The van der Waals surface area contributed by atoms with Gasteiger partial charge in [0.1, 0.15) is 6.07 Å². The van der Waals surface area contributed by atoms with Crippen LogP contribution in [0.5, 0.6) is 0 Å². The number of benzene rings is 1. The third-order valence-corrected chi connectivity index (χ3v) is 2.28. The van der Waals surface area contributed by atoms with E-state index in [4.69, 9.17) is 11.0 Å². The molecule has 68 valence electrons. The summed E-state index contributed by atoms with van der Waals surface area (Å²) in [7, 11) is 0. The number of nitrogen functional groups attached to an aromatic ring is 1. The number of nitriles is 1. The third-order valence-electron chi connectivity index (χ3n) is 2.28. The summed E-state index contributed by atoms with van der Waals surface area (Å²) < 4.78 is 0. The van der Waals surface area contributed by atoms with Crippen molar-refractivity contribution in [1.29, 1.82) is 5.26 Å². The van der Waals surface area contributed by atoms with Crippen LogP contribution in [0.2, 0.25) is 0 Å². The van der Waals surface area contributed by atoms with Crippen LogP contribution in [-0.4, -0.2) is 4.98 Å². The molecule has 0 aliphatic rings. The monoisotopic (exact) mass is 183 g/mol. The number of fused-ring (bicyclic) bond motifs is 1. The lowest BCUT2D eigenvalue weighted by atomic mass is 10.1. The van der Waals surface area contributed by atoms with E-state index in [0.29, 0.717) is 5.56 Å². The van der Waals surface area contributed by atoms with E-state index in [1.165, 1.54) is 0 Å². The molecule has 0 aliphatic heterocycles. The Morgan fingerprint density at radius 1 is 1.43 bits per heavy atom. The second-order valence-electron chi connectivity index (χ2n) is 3.19. The van der Waals surface area contributed by atoms with Crippen LogP contribution >= 0.6 is 0 Å². The van der Waals surface area contributed by atoms with Crippen molar-refractivity contribution in [3.63, 3.8) is 0 Å². The molecule has 1 aromatic carbocycles. The maximum absolute atomic E-state index is 8.71. The molecule has 2 aromatic rings. The van der Waals surface area contributed by atoms with E-state index < -0.39 is 0 Å². The van der Waals surface area contributed by atoms with E-state index >= 15 is 0 Å². The lowest BCUT2D eigenvalue weighted by molar-refractivity contribution is 1.34. The highest BCUT2D eigenvalue weighted by Crippen LogP contribution is 2.21. The fraction of sp³-hybridized carbons (Fsp3) is 0.0909. The molecule has 1 heterocycles. The minimum Gasteiger partial charge on any atom is -0.398 e. The Hall–Kier alpha value is -2.08. The zero-order valence-electron chi connectivity index (χ0n) is 7.78. The van der Waals surface area contributed by atoms with E-state index in [9.17, 15) is 0 Å². The molecule has 0 bridgehead atoms. The normalized spacial score (nSPS) is 10.0. The first-order chi connectivity index (χ1) is 6.72. The number of hydrogen-bond acceptors (Lipinski definition) is 3. The minimum absolute atomic E-state index is 0.571. The lowest BCUT2D eigenvalue weighted by Crippen LogP contribution is -1.92. The minimum atomic E-state index is 0.571. The Bertz CT molecular complexity index is 538. The van der Waals surface area contributed by atoms with Crippen molar-refractivity contribution < 1.29 is 0 Å². The summed E-state index contributed by atoms with van der Waals surface area (Å²) in [5.74, 6) is 0. The molecule has 3 heteroatoms. The second-order valence-corrected chi connectivity index (χ2v) is 3.19. The Morgan fingerprint density at radius 3 is 2.93 bits per heavy atom. The molecule has 2 N–H and O–H groups in total. The van der Waals surface area contributed by atoms with Crippen LogP contribution in [0, 0.1) is 18.3 Å². The summed E-state index contributed by atoms with van der Waals surface area (Å²) in [6.07, 6.45) is 1.56. The predicted molar refractivity (Wildman–Crippen MR) is 55.6 cm³/mol. The Kier molecular flexibility index (Phi) is 1.83. The van der Waals surface area contributed by atoms with Gasteiger partial charge in [-0.15, -0.1) is 0 Å². The maximum Gasteiger partial charge on any atom is 0.101 e. The van der Waals surface area contributed by atoms with Gasteiger partial charge >= 0.3 is 0 Å². The van der Waals surface area contributed by atoms with Gasteiger partial charge in [-0.05, 0) is 24.6 Å². The van der Waals surface area contributed by atoms with E-state index in [1.807, 2.05) is 25.1 Å². The molecule has 14 heavy (non-hydrogen) atoms. The van der Waals surface area contributed by atoms with Gasteiger partial charge < -0.3 is 5.73 Å². The zero-order chi connectivity index (χ0) is 10.1. The number of rotatable bonds is 0. The zero-order valence-corrected chi connectivity index (χ0v) is 7.78. The SMILES string of the molecule is Cc1c(N)ccc2cc(C#N)cnc12. The van der Waals surface area contributed by atoms with Crippen molar-refractivity contribution in [2.24, 2.45) is 0 Å². The van der Waals surface area contributed by atoms with Gasteiger partial charge in [-0.2, -0.15) is 5.26 Å². The van der Waals surface area contributed by atoms with E-state index in [0.717, 1.165) is 22.2 Å². The molecule has 0 amide bonds. The van der Waals surface area contributed by atoms with Crippen LogP contribution in [0.25, 0.3) is 10.9 Å². The number of aryl methyl sites for hydroxylation is 1. The molecule has 0 atom stereocenters. The quantitative estimate of drug-likeness (QED) is 0.635. The van der Waals surface area contributed by atoms with Crippen molar-refractivity contribution in [3.8, 4) is 6.07 Å². The Balaban J connectivity index is 2.83. The average Bonchev–Trinajstić information content (AvgIpc) is 2.23. The van der Waals surface area contributed by atoms with Crippen molar-refractivity contribution >= 4 is 16.6 Å². The number of nitrogens with two attached hydrogens (primary N) is 1. The van der Waals surface area contributed by atoms with Gasteiger partial charge in [0.05, 0.1) is 11.1 Å². The molecular formula is C11H9N3. The number of anilines is 1. The van der Waals surface area contributed by atoms with Gasteiger partial charge in [0.15, 0.2) is 0 Å². The van der Waals surface area contributed by atoms with Crippen LogP contribution in [0.3, 0.4) is 0 Å². The molecule has 0 radical (unpaired) electrons. The lowest BCUT2D eigenvalue weighted by Gasteiger charge is -2.03. The number of nitrogens with zero attached hydrogens (tertiary/aromatic N) is 2. The summed E-state index contributed by atoms with van der Waals surface area (Å²) in [6.45, 7) is 1.93. The molecule has 0 saturated heterocycles. The van der Waals surface area contributed by atoms with Gasteiger partial charge in [0, 0.05) is 17.3 Å². The molecule has 0 aliphatic carbocycles. The van der Waals surface area contributed by atoms with Crippen LogP contribution in [0.1, 0.15) is 11.1 Å². The summed E-state index contributed by atoms with van der Waals surface area (Å²) in [6, 6.07) is 7.59. The van der Waals surface area contributed by atoms with Crippen LogP contribution in [0.4, 0.5) is 5.69 Å². The van der Waals surface area contributed by atoms with Gasteiger partial charge in [-0.25, -0.2) is 0 Å². The van der Waals surface area contributed by atoms with Crippen molar-refractivity contribution in [2.75, 3.05) is 5.73 Å². The smallest absolute Gasteiger partial charge is 0.101 e. The first-order valence-electron chi connectivity index (χ1n) is 4.27. The van der Waals surface area contributed by atoms with E-state index in [2.05, 4.69) is 11.1 Å². The highest BCUT2D eigenvalue weighted by Gasteiger charge is 2.02. The fourth-order valence-electron chi connectivity index (χ4n) is 1.42. The summed E-state index contributed by atoms with van der Waals surface area (Å²) in [5, 5.41) is 9.66.